The van der Waals surface area contributed by atoms with Gasteiger partial charge in [-0.2, -0.15) is 0 Å². The van der Waals surface area contributed by atoms with Gasteiger partial charge in [-0.25, -0.2) is 0 Å². The number of nitrogens with one attached hydrogen (secondary N) is 1. The van der Waals surface area contributed by atoms with Crippen molar-refractivity contribution in [3.63, 3.8) is 0 Å². The predicted molar refractivity (Wildman–Crippen MR) is 80.1 cm³/mol. The van der Waals surface area contributed by atoms with Crippen LogP contribution in [0.2, 0.25) is 10.0 Å². The molecule has 0 fully saturated rings. The number of hydrogen-bond donors (Lipinski definition) is 1. The predicted octanol–water partition coefficient (Wildman–Crippen LogP) is 4.16. The Morgan fingerprint density at radius 3 is 2.26 bits per heavy atom. The van der Waals surface area contributed by atoms with E-state index in [2.05, 4.69) is 5.32 Å². The summed E-state index contributed by atoms with van der Waals surface area (Å²) in [5, 5.41) is 4.63. The molecule has 0 amide bonds. The van der Waals surface area contributed by atoms with Crippen LogP contribution in [0.15, 0.2) is 48.5 Å². The molecule has 0 atom stereocenters. The average molecular weight is 296 g/mol. The standard InChI is InChI=1S/C15H15Cl2NO/c16-14-7-4-8-15(17)13(14)11-18-9-10-19-12-5-2-1-3-6-12/h1-8,18H,9-11H2. The van der Waals surface area contributed by atoms with E-state index in [1.54, 1.807) is 0 Å². The Morgan fingerprint density at radius 1 is 0.895 bits per heavy atom. The molecule has 4 heteroatoms. The van der Waals surface area contributed by atoms with Crippen molar-refractivity contribution in [2.24, 2.45) is 0 Å². The normalized spacial score (nSPS) is 10.4. The van der Waals surface area contributed by atoms with Gasteiger partial charge in [0.1, 0.15) is 12.4 Å². The first-order valence-electron chi connectivity index (χ1n) is 6.09. The maximum Gasteiger partial charge on any atom is 0.119 e. The van der Waals surface area contributed by atoms with Crippen LogP contribution < -0.4 is 10.1 Å². The lowest BCUT2D eigenvalue weighted by Crippen LogP contribution is -2.20. The van der Waals surface area contributed by atoms with Crippen molar-refractivity contribution in [1.29, 1.82) is 0 Å². The SMILES string of the molecule is Clc1cccc(Cl)c1CNCCOc1ccccc1. The van der Waals surface area contributed by atoms with Gasteiger partial charge in [-0.1, -0.05) is 47.5 Å². The van der Waals surface area contributed by atoms with Crippen LogP contribution in [0.3, 0.4) is 0 Å². The fourth-order valence-electron chi connectivity index (χ4n) is 1.67. The van der Waals surface area contributed by atoms with Gasteiger partial charge in [-0.05, 0) is 24.3 Å². The number of hydrogen-bond acceptors (Lipinski definition) is 2. The second-order valence-electron chi connectivity index (χ2n) is 4.04. The lowest BCUT2D eigenvalue weighted by molar-refractivity contribution is 0.313. The summed E-state index contributed by atoms with van der Waals surface area (Å²) in [6.45, 7) is 1.97. The van der Waals surface area contributed by atoms with Crippen molar-refractivity contribution < 1.29 is 4.74 Å². The highest BCUT2D eigenvalue weighted by Gasteiger charge is 2.04. The van der Waals surface area contributed by atoms with Crippen molar-refractivity contribution in [2.45, 2.75) is 6.54 Å². The number of benzene rings is 2. The number of ether oxygens (including phenoxy) is 1. The Balaban J connectivity index is 1.73. The van der Waals surface area contributed by atoms with Gasteiger partial charge in [-0.15, -0.1) is 0 Å². The van der Waals surface area contributed by atoms with Crippen LogP contribution in [0.5, 0.6) is 5.75 Å². The van der Waals surface area contributed by atoms with Crippen LogP contribution in [0.1, 0.15) is 5.56 Å². The largest absolute Gasteiger partial charge is 0.492 e. The first kappa shape index (κ1) is 14.2. The van der Waals surface area contributed by atoms with Gasteiger partial charge in [0.2, 0.25) is 0 Å². The highest BCUT2D eigenvalue weighted by atomic mass is 35.5. The van der Waals surface area contributed by atoms with E-state index in [1.165, 1.54) is 0 Å². The first-order chi connectivity index (χ1) is 9.27. The first-order valence-corrected chi connectivity index (χ1v) is 6.84. The zero-order valence-corrected chi connectivity index (χ0v) is 11.9. The van der Waals surface area contributed by atoms with E-state index in [-0.39, 0.29) is 0 Å². The minimum absolute atomic E-state index is 0.603. The van der Waals surface area contributed by atoms with E-state index in [4.69, 9.17) is 27.9 Å². The van der Waals surface area contributed by atoms with Crippen molar-refractivity contribution in [2.75, 3.05) is 13.2 Å². The van der Waals surface area contributed by atoms with Crippen LogP contribution in [-0.4, -0.2) is 13.2 Å². The maximum atomic E-state index is 6.08. The summed E-state index contributed by atoms with van der Waals surface area (Å²) in [4.78, 5) is 0. The average Bonchev–Trinajstić information content (AvgIpc) is 2.42. The molecule has 0 bridgehead atoms. The zero-order valence-electron chi connectivity index (χ0n) is 10.4. The Morgan fingerprint density at radius 2 is 1.58 bits per heavy atom. The summed E-state index contributed by atoms with van der Waals surface area (Å²) in [6, 6.07) is 15.3. The molecule has 0 heterocycles. The van der Waals surface area contributed by atoms with Gasteiger partial charge in [0.25, 0.3) is 0 Å². The molecule has 0 aliphatic carbocycles. The van der Waals surface area contributed by atoms with Crippen molar-refractivity contribution >= 4 is 23.2 Å². The lowest BCUT2D eigenvalue weighted by Gasteiger charge is -2.09. The number of halogens is 2. The van der Waals surface area contributed by atoms with Gasteiger partial charge in [0.15, 0.2) is 0 Å². The molecule has 1 N–H and O–H groups in total. The van der Waals surface area contributed by atoms with E-state index < -0.39 is 0 Å². The van der Waals surface area contributed by atoms with Gasteiger partial charge in [0, 0.05) is 28.7 Å². The third-order valence-electron chi connectivity index (χ3n) is 2.65. The van der Waals surface area contributed by atoms with Crippen LogP contribution in [-0.2, 0) is 6.54 Å². The molecule has 0 radical (unpaired) electrons. The molecular weight excluding hydrogens is 281 g/mol. The summed E-state index contributed by atoms with van der Waals surface area (Å²) in [5.74, 6) is 0.875. The zero-order chi connectivity index (χ0) is 13.5. The van der Waals surface area contributed by atoms with Gasteiger partial charge in [-0.3, -0.25) is 0 Å². The molecule has 19 heavy (non-hydrogen) atoms. The van der Waals surface area contributed by atoms with Crippen LogP contribution >= 0.6 is 23.2 Å². The van der Waals surface area contributed by atoms with Gasteiger partial charge in [0.05, 0.1) is 0 Å². The summed E-state index contributed by atoms with van der Waals surface area (Å²) in [5.41, 5.74) is 0.922. The van der Waals surface area contributed by atoms with Crippen LogP contribution in [0, 0.1) is 0 Å². The van der Waals surface area contributed by atoms with E-state index in [0.717, 1.165) is 17.9 Å². The molecule has 0 aliphatic heterocycles. The molecule has 0 aromatic heterocycles. The molecular formula is C15H15Cl2NO. The summed E-state index contributed by atoms with van der Waals surface area (Å²) in [6.07, 6.45) is 0. The lowest BCUT2D eigenvalue weighted by atomic mass is 10.2. The van der Waals surface area contributed by atoms with E-state index >= 15 is 0 Å². The molecule has 0 saturated heterocycles. The molecule has 0 saturated carbocycles. The van der Waals surface area contributed by atoms with Gasteiger partial charge < -0.3 is 10.1 Å². The summed E-state index contributed by atoms with van der Waals surface area (Å²) >= 11 is 12.2. The number of rotatable bonds is 6. The monoisotopic (exact) mass is 295 g/mol. The van der Waals surface area contributed by atoms with E-state index in [0.29, 0.717) is 23.2 Å². The molecule has 2 aromatic rings. The van der Waals surface area contributed by atoms with Crippen molar-refractivity contribution in [1.82, 2.24) is 5.32 Å². The van der Waals surface area contributed by atoms with Gasteiger partial charge >= 0.3 is 0 Å². The van der Waals surface area contributed by atoms with Crippen LogP contribution in [0.25, 0.3) is 0 Å². The van der Waals surface area contributed by atoms with Crippen LogP contribution in [0.4, 0.5) is 0 Å². The Hall–Kier alpha value is -1.22. The molecule has 2 nitrogen and oxygen atoms in total. The molecule has 0 spiro atoms. The molecule has 0 aliphatic rings. The highest BCUT2D eigenvalue weighted by Crippen LogP contribution is 2.23. The number of para-hydroxylation sites is 1. The second-order valence-corrected chi connectivity index (χ2v) is 4.85. The molecule has 2 rings (SSSR count). The van der Waals surface area contributed by atoms with E-state index in [9.17, 15) is 0 Å². The Bertz CT molecular complexity index is 497. The van der Waals surface area contributed by atoms with Crippen molar-refractivity contribution in [3.8, 4) is 5.75 Å². The third kappa shape index (κ3) is 4.43. The quantitative estimate of drug-likeness (QED) is 0.808. The fourth-order valence-corrected chi connectivity index (χ4v) is 2.20. The smallest absolute Gasteiger partial charge is 0.119 e. The maximum absolute atomic E-state index is 6.08. The topological polar surface area (TPSA) is 21.3 Å². The fraction of sp³-hybridized carbons (Fsp3) is 0.200. The molecule has 100 valence electrons. The molecule has 0 unspecified atom stereocenters. The third-order valence-corrected chi connectivity index (χ3v) is 3.36. The minimum Gasteiger partial charge on any atom is -0.492 e. The molecule has 2 aromatic carbocycles. The Kier molecular flexibility index (Phi) is 5.52. The Labute approximate surface area is 123 Å². The van der Waals surface area contributed by atoms with E-state index in [1.807, 2.05) is 48.5 Å². The summed E-state index contributed by atoms with van der Waals surface area (Å²) in [7, 11) is 0. The minimum atomic E-state index is 0.603. The highest BCUT2D eigenvalue weighted by molar-refractivity contribution is 6.35. The summed E-state index contributed by atoms with van der Waals surface area (Å²) < 4.78 is 5.58. The second kappa shape index (κ2) is 7.39. The van der Waals surface area contributed by atoms with Crippen molar-refractivity contribution in [3.05, 3.63) is 64.1 Å².